The Morgan fingerprint density at radius 1 is 1.00 bits per heavy atom. The van der Waals surface area contributed by atoms with E-state index in [0.29, 0.717) is 33.9 Å². The maximum absolute atomic E-state index is 12.4. The van der Waals surface area contributed by atoms with Gasteiger partial charge < -0.3 is 24.7 Å². The van der Waals surface area contributed by atoms with E-state index in [0.717, 1.165) is 5.56 Å². The van der Waals surface area contributed by atoms with Crippen molar-refractivity contribution in [3.8, 4) is 23.3 Å². The Kier molecular flexibility index (Phi) is 8.88. The molecule has 8 nitrogen and oxygen atoms in total. The lowest BCUT2D eigenvalue weighted by Gasteiger charge is -2.22. The normalized spacial score (nSPS) is 11.7. The standard InChI is InChI=1S/C29H30N2O6/c1-5-34-27(32)21-10-7-11-23(15-21)36-24-13-12-22(17-30)25(16-24)35-18-19-8-6-9-20(14-19)26(31)28(33)37-29(2,3)4/h6-16,26H,5,18,31H2,1-4H3. The fourth-order valence-electron chi connectivity index (χ4n) is 3.35. The third-order valence-corrected chi connectivity index (χ3v) is 5.02. The minimum Gasteiger partial charge on any atom is -0.487 e. The van der Waals surface area contributed by atoms with E-state index in [2.05, 4.69) is 6.07 Å². The summed E-state index contributed by atoms with van der Waals surface area (Å²) in [6.45, 7) is 7.49. The number of hydrogen-bond donors (Lipinski definition) is 1. The fraction of sp³-hybridized carbons (Fsp3) is 0.276. The monoisotopic (exact) mass is 502 g/mol. The number of carbonyl (C=O) groups is 2. The molecule has 1 unspecified atom stereocenters. The molecule has 0 heterocycles. The van der Waals surface area contributed by atoms with Crippen molar-refractivity contribution in [2.24, 2.45) is 5.73 Å². The third kappa shape index (κ3) is 7.82. The zero-order valence-electron chi connectivity index (χ0n) is 21.3. The fourth-order valence-corrected chi connectivity index (χ4v) is 3.35. The van der Waals surface area contributed by atoms with Gasteiger partial charge in [0.1, 0.15) is 41.6 Å². The Morgan fingerprint density at radius 2 is 1.73 bits per heavy atom. The van der Waals surface area contributed by atoms with Crippen LogP contribution >= 0.6 is 0 Å². The molecule has 8 heteroatoms. The van der Waals surface area contributed by atoms with Gasteiger partial charge >= 0.3 is 11.9 Å². The first kappa shape index (κ1) is 27.2. The molecule has 0 bridgehead atoms. The van der Waals surface area contributed by atoms with Gasteiger partial charge in [-0.25, -0.2) is 9.59 Å². The van der Waals surface area contributed by atoms with Crippen LogP contribution in [0.2, 0.25) is 0 Å². The average molecular weight is 503 g/mol. The van der Waals surface area contributed by atoms with E-state index in [1.807, 2.05) is 6.07 Å². The number of carbonyl (C=O) groups excluding carboxylic acids is 2. The van der Waals surface area contributed by atoms with Crippen LogP contribution in [0.5, 0.6) is 17.2 Å². The zero-order chi connectivity index (χ0) is 27.0. The van der Waals surface area contributed by atoms with Crippen LogP contribution in [-0.4, -0.2) is 24.1 Å². The molecule has 0 saturated heterocycles. The van der Waals surface area contributed by atoms with Crippen molar-refractivity contribution in [1.29, 1.82) is 5.26 Å². The van der Waals surface area contributed by atoms with Crippen LogP contribution in [0.4, 0.5) is 0 Å². The van der Waals surface area contributed by atoms with E-state index in [1.54, 1.807) is 88.4 Å². The van der Waals surface area contributed by atoms with E-state index in [9.17, 15) is 14.9 Å². The van der Waals surface area contributed by atoms with Crippen LogP contribution in [0, 0.1) is 11.3 Å². The number of esters is 2. The largest absolute Gasteiger partial charge is 0.487 e. The highest BCUT2D eigenvalue weighted by molar-refractivity contribution is 5.89. The summed E-state index contributed by atoms with van der Waals surface area (Å²) in [6.07, 6.45) is 0. The van der Waals surface area contributed by atoms with Gasteiger partial charge in [0.15, 0.2) is 0 Å². The quantitative estimate of drug-likeness (QED) is 0.384. The van der Waals surface area contributed by atoms with Crippen LogP contribution in [0.3, 0.4) is 0 Å². The maximum atomic E-state index is 12.4. The Bertz CT molecular complexity index is 1310. The molecule has 0 aliphatic rings. The van der Waals surface area contributed by atoms with Crippen LogP contribution < -0.4 is 15.2 Å². The van der Waals surface area contributed by atoms with Gasteiger partial charge in [0.2, 0.25) is 0 Å². The Hall–Kier alpha value is -4.35. The predicted octanol–water partition coefficient (Wildman–Crippen LogP) is 5.45. The van der Waals surface area contributed by atoms with Gasteiger partial charge in [-0.2, -0.15) is 5.26 Å². The first-order chi connectivity index (χ1) is 17.6. The van der Waals surface area contributed by atoms with Crippen molar-refractivity contribution in [3.63, 3.8) is 0 Å². The first-order valence-electron chi connectivity index (χ1n) is 11.8. The Morgan fingerprint density at radius 3 is 2.43 bits per heavy atom. The van der Waals surface area contributed by atoms with E-state index in [1.165, 1.54) is 0 Å². The van der Waals surface area contributed by atoms with E-state index in [4.69, 9.17) is 24.7 Å². The average Bonchev–Trinajstić information content (AvgIpc) is 2.86. The van der Waals surface area contributed by atoms with Gasteiger partial charge in [0.05, 0.1) is 17.7 Å². The van der Waals surface area contributed by atoms with Gasteiger partial charge in [0, 0.05) is 6.07 Å². The molecule has 3 aromatic rings. The lowest BCUT2D eigenvalue weighted by Crippen LogP contribution is -2.31. The number of nitriles is 1. The van der Waals surface area contributed by atoms with Gasteiger partial charge in [-0.3, -0.25) is 0 Å². The van der Waals surface area contributed by atoms with Crippen molar-refractivity contribution in [1.82, 2.24) is 0 Å². The molecule has 0 aromatic heterocycles. The summed E-state index contributed by atoms with van der Waals surface area (Å²) < 4.78 is 22.2. The van der Waals surface area contributed by atoms with Crippen LogP contribution in [0.25, 0.3) is 0 Å². The highest BCUT2D eigenvalue weighted by Gasteiger charge is 2.23. The smallest absolute Gasteiger partial charge is 0.338 e. The van der Waals surface area contributed by atoms with Gasteiger partial charge in [-0.05, 0) is 69.2 Å². The molecule has 37 heavy (non-hydrogen) atoms. The van der Waals surface area contributed by atoms with Crippen LogP contribution in [0.15, 0.2) is 66.7 Å². The molecular formula is C29H30N2O6. The highest BCUT2D eigenvalue weighted by Crippen LogP contribution is 2.29. The molecule has 0 aliphatic heterocycles. The Balaban J connectivity index is 1.73. The minimum atomic E-state index is -0.934. The number of nitrogens with two attached hydrogens (primary N) is 1. The number of rotatable bonds is 9. The molecule has 0 aliphatic carbocycles. The predicted molar refractivity (Wildman–Crippen MR) is 137 cm³/mol. The number of benzene rings is 3. The summed E-state index contributed by atoms with van der Waals surface area (Å²) in [4.78, 5) is 24.4. The second kappa shape index (κ2) is 12.1. The van der Waals surface area contributed by atoms with Gasteiger partial charge in [0.25, 0.3) is 0 Å². The molecule has 2 N–H and O–H groups in total. The van der Waals surface area contributed by atoms with Crippen molar-refractivity contribution in [2.45, 2.75) is 45.9 Å². The molecule has 0 amide bonds. The molecule has 3 rings (SSSR count). The van der Waals surface area contributed by atoms with Crippen molar-refractivity contribution < 1.29 is 28.5 Å². The third-order valence-electron chi connectivity index (χ3n) is 5.02. The molecule has 3 aromatic carbocycles. The second-order valence-corrected chi connectivity index (χ2v) is 9.16. The van der Waals surface area contributed by atoms with Crippen LogP contribution in [0.1, 0.15) is 60.8 Å². The molecular weight excluding hydrogens is 472 g/mol. The molecule has 1 atom stereocenters. The number of nitrogens with zero attached hydrogens (tertiary/aromatic N) is 1. The van der Waals surface area contributed by atoms with Crippen molar-refractivity contribution in [2.75, 3.05) is 6.61 Å². The molecule has 192 valence electrons. The van der Waals surface area contributed by atoms with E-state index >= 15 is 0 Å². The highest BCUT2D eigenvalue weighted by atomic mass is 16.6. The summed E-state index contributed by atoms with van der Waals surface area (Å²) in [5.74, 6) is 0.226. The lowest BCUT2D eigenvalue weighted by molar-refractivity contribution is -0.156. The van der Waals surface area contributed by atoms with E-state index in [-0.39, 0.29) is 13.2 Å². The maximum Gasteiger partial charge on any atom is 0.338 e. The molecule has 0 fully saturated rings. The van der Waals surface area contributed by atoms with Gasteiger partial charge in [-0.1, -0.05) is 30.3 Å². The first-order valence-corrected chi connectivity index (χ1v) is 11.8. The molecule has 0 spiro atoms. The van der Waals surface area contributed by atoms with Gasteiger partial charge in [-0.15, -0.1) is 0 Å². The topological polar surface area (TPSA) is 121 Å². The number of hydrogen-bond acceptors (Lipinski definition) is 8. The summed E-state index contributed by atoms with van der Waals surface area (Å²) in [7, 11) is 0. The van der Waals surface area contributed by atoms with Crippen molar-refractivity contribution in [3.05, 3.63) is 89.0 Å². The zero-order valence-corrected chi connectivity index (χ0v) is 21.3. The minimum absolute atomic E-state index is 0.130. The lowest BCUT2D eigenvalue weighted by atomic mass is 10.0. The summed E-state index contributed by atoms with van der Waals surface area (Å²) in [5, 5.41) is 9.52. The summed E-state index contributed by atoms with van der Waals surface area (Å²) in [6, 6.07) is 19.8. The molecule has 0 radical (unpaired) electrons. The SMILES string of the molecule is CCOC(=O)c1cccc(Oc2ccc(C#N)c(OCc3cccc(C(N)C(=O)OC(C)(C)C)c3)c2)c1. The van der Waals surface area contributed by atoms with E-state index < -0.39 is 23.6 Å². The summed E-state index contributed by atoms with van der Waals surface area (Å²) in [5.41, 5.74) is 7.51. The van der Waals surface area contributed by atoms with Crippen LogP contribution in [-0.2, 0) is 20.9 Å². The Labute approximate surface area is 216 Å². The molecule has 0 saturated carbocycles. The van der Waals surface area contributed by atoms with Crippen molar-refractivity contribution >= 4 is 11.9 Å². The second-order valence-electron chi connectivity index (χ2n) is 9.16. The summed E-state index contributed by atoms with van der Waals surface area (Å²) >= 11 is 0. The number of ether oxygens (including phenoxy) is 4.